The Labute approximate surface area is 99.7 Å². The normalized spacial score (nSPS) is 20.2. The van der Waals surface area contributed by atoms with Gasteiger partial charge in [-0.25, -0.2) is 0 Å². The topological polar surface area (TPSA) is 20.3 Å². The minimum Gasteiger partial charge on any atom is -0.339 e. The van der Waals surface area contributed by atoms with E-state index in [0.717, 1.165) is 19.5 Å². The number of hydrogen-bond acceptors (Lipinski definition) is 1. The van der Waals surface area contributed by atoms with Crippen LogP contribution in [0.3, 0.4) is 0 Å². The molecule has 2 nitrogen and oxygen atoms in total. The fourth-order valence-corrected chi connectivity index (χ4v) is 2.62. The molecule has 1 unspecified atom stereocenters. The van der Waals surface area contributed by atoms with E-state index in [9.17, 15) is 4.79 Å². The summed E-state index contributed by atoms with van der Waals surface area (Å²) in [4.78, 5) is 13.2. The molecule has 0 radical (unpaired) electrons. The van der Waals surface area contributed by atoms with Gasteiger partial charge in [-0.2, -0.15) is 0 Å². The number of rotatable bonds is 4. The Kier molecular flexibility index (Phi) is 4.57. The molecular formula is C14H25NO. The van der Waals surface area contributed by atoms with Gasteiger partial charge in [-0.15, -0.1) is 0 Å². The molecule has 0 aromatic heterocycles. The monoisotopic (exact) mass is 223 g/mol. The quantitative estimate of drug-likeness (QED) is 0.669. The summed E-state index contributed by atoms with van der Waals surface area (Å²) >= 11 is 0. The highest BCUT2D eigenvalue weighted by molar-refractivity contribution is 5.73. The molecule has 1 aliphatic rings. The molecule has 0 N–H and O–H groups in total. The standard InChI is InChI=1S/C14H25NO/c1-5-9-14(4,6-2)13-7-10-15(11-8-13)12(3)16/h7H,5-6,8-11H2,1-4H3. The SMILES string of the molecule is CCCC(C)(CC)C1=CCN(C(C)=O)CC1. The van der Waals surface area contributed by atoms with Crippen LogP contribution in [0.25, 0.3) is 0 Å². The van der Waals surface area contributed by atoms with Crippen LogP contribution in [0.1, 0.15) is 53.4 Å². The lowest BCUT2D eigenvalue weighted by Crippen LogP contribution is -2.35. The first-order valence-electron chi connectivity index (χ1n) is 6.48. The number of nitrogens with zero attached hydrogens (tertiary/aromatic N) is 1. The third-order valence-electron chi connectivity index (χ3n) is 4.01. The fourth-order valence-electron chi connectivity index (χ4n) is 2.62. The van der Waals surface area contributed by atoms with Gasteiger partial charge < -0.3 is 4.90 Å². The summed E-state index contributed by atoms with van der Waals surface area (Å²) < 4.78 is 0. The van der Waals surface area contributed by atoms with Crippen molar-refractivity contribution in [3.63, 3.8) is 0 Å². The van der Waals surface area contributed by atoms with Crippen LogP contribution in [0.15, 0.2) is 11.6 Å². The molecule has 0 fully saturated rings. The zero-order valence-electron chi connectivity index (χ0n) is 11.2. The highest BCUT2D eigenvalue weighted by Gasteiger charge is 2.28. The molecule has 0 aromatic rings. The van der Waals surface area contributed by atoms with Crippen molar-refractivity contribution >= 4 is 5.91 Å². The van der Waals surface area contributed by atoms with E-state index >= 15 is 0 Å². The summed E-state index contributed by atoms with van der Waals surface area (Å²) in [5.74, 6) is 0.198. The van der Waals surface area contributed by atoms with Crippen LogP contribution in [0.5, 0.6) is 0 Å². The largest absolute Gasteiger partial charge is 0.339 e. The Morgan fingerprint density at radius 2 is 2.19 bits per heavy atom. The van der Waals surface area contributed by atoms with Crippen molar-refractivity contribution in [3.8, 4) is 0 Å². The second-order valence-corrected chi connectivity index (χ2v) is 5.11. The summed E-state index contributed by atoms with van der Waals surface area (Å²) in [5.41, 5.74) is 1.92. The van der Waals surface area contributed by atoms with Gasteiger partial charge >= 0.3 is 0 Å². The van der Waals surface area contributed by atoms with Crippen LogP contribution in [0.2, 0.25) is 0 Å². The van der Waals surface area contributed by atoms with Crippen molar-refractivity contribution in [3.05, 3.63) is 11.6 Å². The van der Waals surface area contributed by atoms with Crippen molar-refractivity contribution in [2.45, 2.75) is 53.4 Å². The first-order valence-corrected chi connectivity index (χ1v) is 6.48. The zero-order chi connectivity index (χ0) is 12.2. The molecule has 0 saturated carbocycles. The highest BCUT2D eigenvalue weighted by Crippen LogP contribution is 2.38. The van der Waals surface area contributed by atoms with Gasteiger partial charge in [0.1, 0.15) is 0 Å². The van der Waals surface area contributed by atoms with Gasteiger partial charge in [-0.3, -0.25) is 4.79 Å². The predicted octanol–water partition coefficient (Wildman–Crippen LogP) is 3.38. The van der Waals surface area contributed by atoms with Crippen molar-refractivity contribution in [1.29, 1.82) is 0 Å². The molecule has 0 spiro atoms. The molecule has 0 aliphatic carbocycles. The van der Waals surface area contributed by atoms with Crippen LogP contribution < -0.4 is 0 Å². The van der Waals surface area contributed by atoms with E-state index in [-0.39, 0.29) is 5.91 Å². The van der Waals surface area contributed by atoms with E-state index in [4.69, 9.17) is 0 Å². The van der Waals surface area contributed by atoms with E-state index in [1.54, 1.807) is 12.5 Å². The van der Waals surface area contributed by atoms with Gasteiger partial charge in [0.25, 0.3) is 0 Å². The molecule has 0 aromatic carbocycles. The lowest BCUT2D eigenvalue weighted by molar-refractivity contribution is -0.128. The van der Waals surface area contributed by atoms with Crippen molar-refractivity contribution in [2.75, 3.05) is 13.1 Å². The molecule has 1 aliphatic heterocycles. The lowest BCUT2D eigenvalue weighted by atomic mass is 9.74. The summed E-state index contributed by atoms with van der Waals surface area (Å²) in [7, 11) is 0. The lowest BCUT2D eigenvalue weighted by Gasteiger charge is -2.36. The van der Waals surface area contributed by atoms with Crippen molar-refractivity contribution < 1.29 is 4.79 Å². The molecule has 2 heteroatoms. The van der Waals surface area contributed by atoms with Crippen molar-refractivity contribution in [2.24, 2.45) is 5.41 Å². The molecule has 1 rings (SSSR count). The summed E-state index contributed by atoms with van der Waals surface area (Å²) in [6, 6.07) is 0. The zero-order valence-corrected chi connectivity index (χ0v) is 11.2. The summed E-state index contributed by atoms with van der Waals surface area (Å²) in [5, 5.41) is 0. The molecule has 0 saturated heterocycles. The third kappa shape index (κ3) is 2.87. The summed E-state index contributed by atoms with van der Waals surface area (Å²) in [6.45, 7) is 10.3. The maximum Gasteiger partial charge on any atom is 0.219 e. The van der Waals surface area contributed by atoms with E-state index in [1.165, 1.54) is 19.3 Å². The second kappa shape index (κ2) is 5.51. The van der Waals surface area contributed by atoms with E-state index in [1.807, 2.05) is 4.90 Å². The number of carbonyl (C=O) groups is 1. The minimum absolute atomic E-state index is 0.198. The van der Waals surface area contributed by atoms with Gasteiger partial charge in [-0.1, -0.05) is 38.8 Å². The first kappa shape index (κ1) is 13.3. The Bertz CT molecular complexity index is 282. The maximum atomic E-state index is 11.2. The molecule has 16 heavy (non-hydrogen) atoms. The second-order valence-electron chi connectivity index (χ2n) is 5.11. The first-order chi connectivity index (χ1) is 7.53. The van der Waals surface area contributed by atoms with Gasteiger partial charge in [0, 0.05) is 20.0 Å². The van der Waals surface area contributed by atoms with Crippen LogP contribution in [0.4, 0.5) is 0 Å². The molecule has 92 valence electrons. The van der Waals surface area contributed by atoms with Crippen LogP contribution >= 0.6 is 0 Å². The fraction of sp³-hybridized carbons (Fsp3) is 0.786. The predicted molar refractivity (Wildman–Crippen MR) is 68.3 cm³/mol. The molecule has 1 atom stereocenters. The highest BCUT2D eigenvalue weighted by atomic mass is 16.2. The van der Waals surface area contributed by atoms with Gasteiger partial charge in [-0.05, 0) is 24.7 Å². The minimum atomic E-state index is 0.198. The average Bonchev–Trinajstić information content (AvgIpc) is 2.29. The molecule has 1 heterocycles. The number of hydrogen-bond donors (Lipinski definition) is 0. The molecule has 1 amide bonds. The molecular weight excluding hydrogens is 198 g/mol. The third-order valence-corrected chi connectivity index (χ3v) is 4.01. The smallest absolute Gasteiger partial charge is 0.219 e. The van der Waals surface area contributed by atoms with E-state index < -0.39 is 0 Å². The van der Waals surface area contributed by atoms with Crippen LogP contribution in [0, 0.1) is 5.41 Å². The number of carbonyl (C=O) groups excluding carboxylic acids is 1. The number of amides is 1. The van der Waals surface area contributed by atoms with Gasteiger partial charge in [0.15, 0.2) is 0 Å². The van der Waals surface area contributed by atoms with Crippen molar-refractivity contribution in [1.82, 2.24) is 4.90 Å². The van der Waals surface area contributed by atoms with Gasteiger partial charge in [0.05, 0.1) is 0 Å². The Balaban J connectivity index is 2.71. The summed E-state index contributed by atoms with van der Waals surface area (Å²) in [6.07, 6.45) is 7.04. The molecule has 0 bridgehead atoms. The average molecular weight is 223 g/mol. The Morgan fingerprint density at radius 3 is 2.56 bits per heavy atom. The van der Waals surface area contributed by atoms with E-state index in [0.29, 0.717) is 5.41 Å². The van der Waals surface area contributed by atoms with Crippen LogP contribution in [-0.4, -0.2) is 23.9 Å². The van der Waals surface area contributed by atoms with Gasteiger partial charge in [0.2, 0.25) is 5.91 Å². The Hall–Kier alpha value is -0.790. The Morgan fingerprint density at radius 1 is 1.50 bits per heavy atom. The van der Waals surface area contributed by atoms with Crippen LogP contribution in [-0.2, 0) is 4.79 Å². The maximum absolute atomic E-state index is 11.2. The van der Waals surface area contributed by atoms with E-state index in [2.05, 4.69) is 26.8 Å².